The molecule has 7 fully saturated rings. The van der Waals surface area contributed by atoms with Crippen molar-refractivity contribution < 1.29 is 0 Å². The number of rotatable bonds is 3. The van der Waals surface area contributed by atoms with Gasteiger partial charge in [-0.2, -0.15) is 0 Å². The summed E-state index contributed by atoms with van der Waals surface area (Å²) >= 11 is 0. The molecule has 1 nitrogen and oxygen atoms in total. The minimum atomic E-state index is 0.738. The van der Waals surface area contributed by atoms with Crippen molar-refractivity contribution >= 4 is 0 Å². The van der Waals surface area contributed by atoms with Crippen LogP contribution in [0.25, 0.3) is 0 Å². The highest BCUT2D eigenvalue weighted by Crippen LogP contribution is 2.66. The van der Waals surface area contributed by atoms with E-state index in [0.717, 1.165) is 34.5 Å². The zero-order valence-corrected chi connectivity index (χ0v) is 14.7. The molecule has 5 aliphatic carbocycles. The van der Waals surface area contributed by atoms with Gasteiger partial charge in [0.15, 0.2) is 0 Å². The minimum Gasteiger partial charge on any atom is -0.303 e. The van der Waals surface area contributed by atoms with E-state index in [1.54, 1.807) is 38.5 Å². The first-order chi connectivity index (χ1) is 10.6. The van der Waals surface area contributed by atoms with Gasteiger partial charge < -0.3 is 4.90 Å². The highest BCUT2D eigenvalue weighted by atomic mass is 15.1. The van der Waals surface area contributed by atoms with Gasteiger partial charge >= 0.3 is 0 Å². The molecule has 0 spiro atoms. The molecule has 7 rings (SSSR count). The summed E-state index contributed by atoms with van der Waals surface area (Å²) in [5.41, 5.74) is 1.51. The standard InChI is InChI=1S/C21H35N/c1-20-9-18-8-19(10-20)12-21(11-18,15-20)6-7-22-13-16-2-3-17(14-22)5-4-16/h16-19H,2-15H2,1H3. The maximum atomic E-state index is 2.90. The second-order valence-corrected chi connectivity index (χ2v) is 10.7. The molecule has 22 heavy (non-hydrogen) atoms. The van der Waals surface area contributed by atoms with Gasteiger partial charge in [0.1, 0.15) is 0 Å². The summed E-state index contributed by atoms with van der Waals surface area (Å²) < 4.78 is 0. The molecule has 0 aromatic heterocycles. The van der Waals surface area contributed by atoms with Gasteiger partial charge in [-0.15, -0.1) is 0 Å². The van der Waals surface area contributed by atoms with Gasteiger partial charge in [-0.25, -0.2) is 0 Å². The molecule has 2 unspecified atom stereocenters. The van der Waals surface area contributed by atoms with Crippen molar-refractivity contribution in [2.24, 2.45) is 34.5 Å². The lowest BCUT2D eigenvalue weighted by molar-refractivity contribution is -0.107. The average molecular weight is 302 g/mol. The van der Waals surface area contributed by atoms with E-state index >= 15 is 0 Å². The topological polar surface area (TPSA) is 3.24 Å². The van der Waals surface area contributed by atoms with Gasteiger partial charge in [-0.1, -0.05) is 6.92 Å². The second kappa shape index (κ2) is 4.98. The summed E-state index contributed by atoms with van der Waals surface area (Å²) in [4.78, 5) is 2.90. The number of nitrogens with zero attached hydrogens (tertiary/aromatic N) is 1. The summed E-state index contributed by atoms with van der Waals surface area (Å²) in [6, 6.07) is 0. The smallest absolute Gasteiger partial charge is 0.000978 e. The molecule has 1 heteroatoms. The van der Waals surface area contributed by atoms with E-state index in [9.17, 15) is 0 Å². The molecule has 2 aliphatic heterocycles. The molecular formula is C21H35N. The van der Waals surface area contributed by atoms with Crippen LogP contribution in [0.15, 0.2) is 0 Å². The Labute approximate surface area is 137 Å². The molecule has 0 radical (unpaired) electrons. The largest absolute Gasteiger partial charge is 0.303 e. The van der Waals surface area contributed by atoms with Crippen molar-refractivity contribution in [3.05, 3.63) is 0 Å². The molecule has 0 amide bonds. The van der Waals surface area contributed by atoms with Crippen molar-refractivity contribution in [1.29, 1.82) is 0 Å². The normalized spacial score (nSPS) is 53.9. The van der Waals surface area contributed by atoms with E-state index in [1.165, 1.54) is 51.7 Å². The summed E-state index contributed by atoms with van der Waals surface area (Å²) in [7, 11) is 0. The third-order valence-electron chi connectivity index (χ3n) is 8.43. The average Bonchev–Trinajstić information content (AvgIpc) is 2.75. The van der Waals surface area contributed by atoms with E-state index in [0.29, 0.717) is 0 Å². The van der Waals surface area contributed by atoms with E-state index in [-0.39, 0.29) is 0 Å². The second-order valence-electron chi connectivity index (χ2n) is 10.7. The summed E-state index contributed by atoms with van der Waals surface area (Å²) in [5, 5.41) is 0. The molecule has 2 saturated heterocycles. The summed E-state index contributed by atoms with van der Waals surface area (Å²) in [5.74, 6) is 4.30. The monoisotopic (exact) mass is 301 g/mol. The van der Waals surface area contributed by atoms with E-state index in [4.69, 9.17) is 0 Å². The summed E-state index contributed by atoms with van der Waals surface area (Å²) in [6.45, 7) is 6.95. The van der Waals surface area contributed by atoms with Gasteiger partial charge in [-0.05, 0) is 112 Å². The van der Waals surface area contributed by atoms with E-state index in [2.05, 4.69) is 11.8 Å². The number of hydrogen-bond acceptors (Lipinski definition) is 1. The van der Waals surface area contributed by atoms with Crippen molar-refractivity contribution in [2.75, 3.05) is 19.6 Å². The van der Waals surface area contributed by atoms with Gasteiger partial charge in [0.25, 0.3) is 0 Å². The van der Waals surface area contributed by atoms with Crippen LogP contribution in [-0.4, -0.2) is 24.5 Å². The predicted octanol–water partition coefficient (Wildman–Crippen LogP) is 5.11. The van der Waals surface area contributed by atoms with Crippen LogP contribution in [0.4, 0.5) is 0 Å². The Bertz CT molecular complexity index is 405. The molecule has 5 saturated carbocycles. The van der Waals surface area contributed by atoms with E-state index in [1.807, 2.05) is 0 Å². The Morgan fingerprint density at radius 3 is 1.95 bits per heavy atom. The Hall–Kier alpha value is -0.0400. The van der Waals surface area contributed by atoms with Crippen LogP contribution in [-0.2, 0) is 0 Å². The van der Waals surface area contributed by atoms with Crippen molar-refractivity contribution in [3.63, 3.8) is 0 Å². The molecule has 124 valence electrons. The van der Waals surface area contributed by atoms with Crippen LogP contribution in [0, 0.1) is 34.5 Å². The first-order valence-electron chi connectivity index (χ1n) is 10.3. The zero-order chi connectivity index (χ0) is 14.8. The Morgan fingerprint density at radius 1 is 0.818 bits per heavy atom. The van der Waals surface area contributed by atoms with Gasteiger partial charge in [0.05, 0.1) is 0 Å². The molecule has 0 N–H and O–H groups in total. The molecule has 0 aromatic carbocycles. The van der Waals surface area contributed by atoms with Crippen LogP contribution < -0.4 is 0 Å². The Morgan fingerprint density at radius 2 is 1.41 bits per heavy atom. The van der Waals surface area contributed by atoms with Gasteiger partial charge in [-0.3, -0.25) is 0 Å². The van der Waals surface area contributed by atoms with Gasteiger partial charge in [0.2, 0.25) is 0 Å². The van der Waals surface area contributed by atoms with Crippen LogP contribution in [0.2, 0.25) is 0 Å². The highest BCUT2D eigenvalue weighted by Gasteiger charge is 2.55. The first-order valence-corrected chi connectivity index (χ1v) is 10.3. The Kier molecular flexibility index (Phi) is 3.24. The fourth-order valence-electron chi connectivity index (χ4n) is 8.20. The van der Waals surface area contributed by atoms with Crippen LogP contribution in [0.3, 0.4) is 0 Å². The number of fused-ring (bicyclic) bond motifs is 4. The number of hydrogen-bond donors (Lipinski definition) is 0. The highest BCUT2D eigenvalue weighted by molar-refractivity contribution is 5.06. The van der Waals surface area contributed by atoms with Crippen molar-refractivity contribution in [2.45, 2.75) is 77.6 Å². The fraction of sp³-hybridized carbons (Fsp3) is 1.00. The fourth-order valence-corrected chi connectivity index (χ4v) is 8.20. The molecule has 7 aliphatic rings. The lowest BCUT2D eigenvalue weighted by Gasteiger charge is -2.62. The maximum absolute atomic E-state index is 2.90. The molecule has 2 atom stereocenters. The van der Waals surface area contributed by atoms with Crippen molar-refractivity contribution in [3.8, 4) is 0 Å². The zero-order valence-electron chi connectivity index (χ0n) is 14.7. The third kappa shape index (κ3) is 2.46. The first kappa shape index (κ1) is 14.3. The molecular weight excluding hydrogens is 266 g/mol. The Balaban J connectivity index is 1.26. The predicted molar refractivity (Wildman–Crippen MR) is 91.7 cm³/mol. The molecule has 2 heterocycles. The van der Waals surface area contributed by atoms with Crippen LogP contribution >= 0.6 is 0 Å². The van der Waals surface area contributed by atoms with E-state index < -0.39 is 0 Å². The quantitative estimate of drug-likeness (QED) is 0.700. The lowest BCUT2D eigenvalue weighted by Crippen LogP contribution is -2.51. The molecule has 0 aromatic rings. The lowest BCUT2D eigenvalue weighted by atomic mass is 9.44. The van der Waals surface area contributed by atoms with Crippen LogP contribution in [0.1, 0.15) is 77.6 Å². The SMILES string of the molecule is CC12CC3CC(C1)CC(CCN1CC4CCC(CC4)C1)(C3)C2. The maximum Gasteiger partial charge on any atom is 0.000978 e. The van der Waals surface area contributed by atoms with Crippen LogP contribution in [0.5, 0.6) is 0 Å². The minimum absolute atomic E-state index is 0.738. The third-order valence-corrected chi connectivity index (χ3v) is 8.43. The van der Waals surface area contributed by atoms with Gasteiger partial charge in [0, 0.05) is 13.1 Å². The van der Waals surface area contributed by atoms with Crippen molar-refractivity contribution in [1.82, 2.24) is 4.90 Å². The molecule has 6 bridgehead atoms. The summed E-state index contributed by atoms with van der Waals surface area (Å²) in [6.07, 6.45) is 17.2.